The molecule has 2 amide bonds. The van der Waals surface area contributed by atoms with Gasteiger partial charge in [-0.05, 0) is 49.8 Å². The lowest BCUT2D eigenvalue weighted by atomic mass is 9.62. The molecule has 4 N–H and O–H groups in total. The van der Waals surface area contributed by atoms with Gasteiger partial charge in [0.05, 0.1) is 19.3 Å². The third-order valence-electron chi connectivity index (χ3n) is 10.4. The van der Waals surface area contributed by atoms with Crippen LogP contribution in [0.2, 0.25) is 0 Å². The van der Waals surface area contributed by atoms with Crippen LogP contribution in [0.25, 0.3) is 6.08 Å². The van der Waals surface area contributed by atoms with Gasteiger partial charge < -0.3 is 39.8 Å². The number of carbonyl (C=O) groups is 4. The standard InChI is InChI=1S/C34H40F3N3O11/c1-17(42)24(29(44)38-11-12-41)39-31(46)32-14-22-25-26(50-34(49-25,20-6-7-20)21-8-9-21)28(32)51-40(27(32)30(45)48-22)15-19-4-2-3-18(13-19)5-10-23(43)47-16-33(35,36)37/h2-5,10,13,17,20-22,24-28,41-42H,6-9,11-12,14-16H2,1H3,(H,38,44)(H,39,46). The fourth-order valence-electron chi connectivity index (χ4n) is 7.98. The molecule has 51 heavy (non-hydrogen) atoms. The maximum absolute atomic E-state index is 14.6. The van der Waals surface area contributed by atoms with Gasteiger partial charge in [-0.3, -0.25) is 19.2 Å². The molecule has 2 bridgehead atoms. The molecule has 0 aromatic heterocycles. The van der Waals surface area contributed by atoms with Crippen molar-refractivity contribution < 1.29 is 66.3 Å². The average molecular weight is 724 g/mol. The second-order valence-corrected chi connectivity index (χ2v) is 14.2. The number of amides is 2. The first-order valence-corrected chi connectivity index (χ1v) is 17.1. The Bertz CT molecular complexity index is 1570. The molecule has 3 saturated heterocycles. The van der Waals surface area contributed by atoms with E-state index in [9.17, 15) is 42.6 Å². The Morgan fingerprint density at radius 1 is 1.14 bits per heavy atom. The van der Waals surface area contributed by atoms with Crippen LogP contribution in [0.1, 0.15) is 50.2 Å². The van der Waals surface area contributed by atoms with Gasteiger partial charge in [0.15, 0.2) is 18.4 Å². The summed E-state index contributed by atoms with van der Waals surface area (Å²) in [5.41, 5.74) is -0.648. The van der Waals surface area contributed by atoms with Gasteiger partial charge in [0.1, 0.15) is 35.9 Å². The van der Waals surface area contributed by atoms with E-state index >= 15 is 0 Å². The van der Waals surface area contributed by atoms with Crippen molar-refractivity contribution in [3.63, 3.8) is 0 Å². The topological polar surface area (TPSA) is 182 Å². The molecule has 3 aliphatic carbocycles. The largest absolute Gasteiger partial charge is 0.458 e. The number of halogens is 3. The molecule has 3 saturated carbocycles. The highest BCUT2D eigenvalue weighted by Gasteiger charge is 2.78. The molecule has 278 valence electrons. The maximum atomic E-state index is 14.6. The highest BCUT2D eigenvalue weighted by molar-refractivity contribution is 5.96. The van der Waals surface area contributed by atoms with E-state index in [4.69, 9.17) is 19.0 Å². The van der Waals surface area contributed by atoms with Gasteiger partial charge in [-0.2, -0.15) is 18.2 Å². The first kappa shape index (κ1) is 35.8. The van der Waals surface area contributed by atoms with Gasteiger partial charge in [0.2, 0.25) is 11.8 Å². The van der Waals surface area contributed by atoms with Crippen molar-refractivity contribution >= 4 is 29.8 Å². The molecule has 0 radical (unpaired) electrons. The first-order valence-electron chi connectivity index (χ1n) is 17.1. The van der Waals surface area contributed by atoms with Crippen molar-refractivity contribution in [1.29, 1.82) is 0 Å². The molecule has 3 heterocycles. The van der Waals surface area contributed by atoms with Gasteiger partial charge in [0.25, 0.3) is 0 Å². The lowest BCUT2D eigenvalue weighted by Crippen LogP contribution is -2.71. The van der Waals surface area contributed by atoms with E-state index in [0.717, 1.165) is 31.8 Å². The number of rotatable bonds is 13. The van der Waals surface area contributed by atoms with Crippen molar-refractivity contribution in [3.8, 4) is 0 Å². The number of carbonyl (C=O) groups excluding carboxylic acids is 4. The summed E-state index contributed by atoms with van der Waals surface area (Å²) < 4.78 is 61.0. The van der Waals surface area contributed by atoms with Crippen LogP contribution in [0.15, 0.2) is 30.3 Å². The number of aliphatic hydroxyl groups excluding tert-OH is 2. The summed E-state index contributed by atoms with van der Waals surface area (Å²) in [7, 11) is 0. The SMILES string of the molecule is CC(O)C(NC(=O)C12CC3OC(=O)C1N(Cc1cccc(C=CC(=O)OCC(F)(F)F)c1)OC2C1OC(C2CC2)(C2CC2)OC31)C(=O)NCCO. The number of hydrogen-bond acceptors (Lipinski definition) is 12. The lowest BCUT2D eigenvalue weighted by Gasteiger charge is -2.49. The van der Waals surface area contributed by atoms with E-state index in [1.165, 1.54) is 18.1 Å². The maximum Gasteiger partial charge on any atom is 0.422 e. The molecule has 0 spiro atoms. The zero-order valence-electron chi connectivity index (χ0n) is 27.7. The molecule has 6 aliphatic rings. The van der Waals surface area contributed by atoms with Crippen LogP contribution in [0.5, 0.6) is 0 Å². The number of ether oxygens (including phenoxy) is 4. The molecule has 8 unspecified atom stereocenters. The van der Waals surface area contributed by atoms with Crippen LogP contribution >= 0.6 is 0 Å². The minimum atomic E-state index is -4.67. The number of aliphatic hydroxyl groups is 2. The third-order valence-corrected chi connectivity index (χ3v) is 10.4. The summed E-state index contributed by atoms with van der Waals surface area (Å²) in [4.78, 5) is 59.9. The first-order chi connectivity index (χ1) is 24.3. The van der Waals surface area contributed by atoms with Gasteiger partial charge >= 0.3 is 18.1 Å². The fraction of sp³-hybridized carbons (Fsp3) is 0.647. The van der Waals surface area contributed by atoms with Crippen molar-refractivity contribution in [2.75, 3.05) is 19.8 Å². The lowest BCUT2D eigenvalue weighted by molar-refractivity contribution is -0.235. The van der Waals surface area contributed by atoms with Crippen molar-refractivity contribution in [3.05, 3.63) is 41.5 Å². The normalized spacial score (nSPS) is 32.2. The van der Waals surface area contributed by atoms with E-state index in [1.807, 2.05) is 0 Å². The number of esters is 2. The Morgan fingerprint density at radius 3 is 2.49 bits per heavy atom. The molecule has 6 fully saturated rings. The quantitative estimate of drug-likeness (QED) is 0.167. The number of benzene rings is 1. The average Bonchev–Trinajstić information content (AvgIpc) is 4.03. The molecular formula is C34H40F3N3O11. The van der Waals surface area contributed by atoms with Crippen LogP contribution < -0.4 is 10.6 Å². The second kappa shape index (κ2) is 13.4. The van der Waals surface area contributed by atoms with E-state index in [1.54, 1.807) is 24.3 Å². The molecular weight excluding hydrogens is 683 g/mol. The third kappa shape index (κ3) is 6.75. The minimum Gasteiger partial charge on any atom is -0.458 e. The van der Waals surface area contributed by atoms with E-state index in [2.05, 4.69) is 15.4 Å². The number of hydrogen-bond donors (Lipinski definition) is 4. The van der Waals surface area contributed by atoms with Gasteiger partial charge in [-0.15, -0.1) is 0 Å². The smallest absolute Gasteiger partial charge is 0.422 e. The number of alkyl halides is 3. The number of fused-ring (bicyclic) bond motifs is 4. The Labute approximate surface area is 290 Å². The molecule has 1 aromatic carbocycles. The number of nitrogens with one attached hydrogen (secondary N) is 2. The molecule has 7 rings (SSSR count). The van der Waals surface area contributed by atoms with Gasteiger partial charge in [-0.1, -0.05) is 24.3 Å². The van der Waals surface area contributed by atoms with Gasteiger partial charge in [-0.25, -0.2) is 4.79 Å². The Kier molecular flexibility index (Phi) is 9.41. The predicted molar refractivity (Wildman–Crippen MR) is 165 cm³/mol. The highest BCUT2D eigenvalue weighted by atomic mass is 19.4. The highest BCUT2D eigenvalue weighted by Crippen LogP contribution is 2.63. The second-order valence-electron chi connectivity index (χ2n) is 14.2. The van der Waals surface area contributed by atoms with Crippen molar-refractivity contribution in [2.45, 2.75) is 100 Å². The minimum absolute atomic E-state index is 0.0139. The molecule has 3 aliphatic heterocycles. The Hall–Kier alpha value is -3.61. The zero-order valence-corrected chi connectivity index (χ0v) is 27.7. The predicted octanol–water partition coefficient (Wildman–Crippen LogP) is 0.880. The number of hydroxylamine groups is 2. The summed E-state index contributed by atoms with van der Waals surface area (Å²) >= 11 is 0. The van der Waals surface area contributed by atoms with Crippen LogP contribution in [0.4, 0.5) is 13.2 Å². The summed E-state index contributed by atoms with van der Waals surface area (Å²) in [5, 5.41) is 26.2. The zero-order chi connectivity index (χ0) is 36.3. The summed E-state index contributed by atoms with van der Waals surface area (Å²) in [6.45, 7) is -0.927. The Balaban J connectivity index is 1.19. The van der Waals surface area contributed by atoms with E-state index < -0.39 is 90.3 Å². The van der Waals surface area contributed by atoms with Crippen LogP contribution in [-0.2, 0) is 49.5 Å². The molecule has 14 nitrogen and oxygen atoms in total. The Morgan fingerprint density at radius 2 is 1.84 bits per heavy atom. The fourth-order valence-corrected chi connectivity index (χ4v) is 7.98. The van der Waals surface area contributed by atoms with Crippen LogP contribution in [0, 0.1) is 17.3 Å². The van der Waals surface area contributed by atoms with Crippen molar-refractivity contribution in [2.24, 2.45) is 17.3 Å². The monoisotopic (exact) mass is 723 g/mol. The summed E-state index contributed by atoms with van der Waals surface area (Å²) in [6, 6.07) is 3.83. The summed E-state index contributed by atoms with van der Waals surface area (Å²) in [6.07, 6.45) is -3.67. The van der Waals surface area contributed by atoms with E-state index in [0.29, 0.717) is 11.1 Å². The van der Waals surface area contributed by atoms with Gasteiger partial charge in [0, 0.05) is 30.9 Å². The molecule has 1 aromatic rings. The van der Waals surface area contributed by atoms with Crippen LogP contribution in [0.3, 0.4) is 0 Å². The van der Waals surface area contributed by atoms with Crippen molar-refractivity contribution in [1.82, 2.24) is 15.7 Å². The number of nitrogens with zero attached hydrogens (tertiary/aromatic N) is 1. The molecule has 17 heteroatoms. The van der Waals surface area contributed by atoms with Crippen LogP contribution in [-0.4, -0.2) is 113 Å². The van der Waals surface area contributed by atoms with E-state index in [-0.39, 0.29) is 38.0 Å². The molecule has 8 atom stereocenters. The summed E-state index contributed by atoms with van der Waals surface area (Å²) in [5.74, 6) is -3.97.